The number of hydrogen-bond acceptors (Lipinski definition) is 5. The highest BCUT2D eigenvalue weighted by atomic mass is 16.5. The molecule has 0 bridgehead atoms. The minimum Gasteiger partial charge on any atom is -0.340 e. The maximum atomic E-state index is 12.4. The van der Waals surface area contributed by atoms with E-state index in [9.17, 15) is 4.79 Å². The number of aryl methyl sites for hydroxylation is 1. The predicted molar refractivity (Wildman–Crippen MR) is 88.8 cm³/mol. The van der Waals surface area contributed by atoms with E-state index < -0.39 is 0 Å². The molecule has 1 saturated carbocycles. The van der Waals surface area contributed by atoms with Crippen LogP contribution in [0.5, 0.6) is 0 Å². The SMILES string of the molecule is C=CCN(CC=C)C(=O)CNC1(c2noc(C)n2)CCCCC1. The van der Waals surface area contributed by atoms with Gasteiger partial charge in [0.05, 0.1) is 12.1 Å². The van der Waals surface area contributed by atoms with Crippen molar-refractivity contribution in [3.05, 3.63) is 37.0 Å². The Bertz CT molecular complexity index is 537. The Balaban J connectivity index is 2.08. The first-order valence-electron chi connectivity index (χ1n) is 8.16. The van der Waals surface area contributed by atoms with Crippen molar-refractivity contribution in [2.75, 3.05) is 19.6 Å². The summed E-state index contributed by atoms with van der Waals surface area (Å²) in [6, 6.07) is 0. The van der Waals surface area contributed by atoms with Crippen LogP contribution in [0.3, 0.4) is 0 Å². The Morgan fingerprint density at radius 2 is 1.96 bits per heavy atom. The molecule has 0 unspecified atom stereocenters. The second-order valence-electron chi connectivity index (χ2n) is 6.01. The van der Waals surface area contributed by atoms with Crippen molar-refractivity contribution in [2.45, 2.75) is 44.6 Å². The number of aromatic nitrogens is 2. The van der Waals surface area contributed by atoms with E-state index in [1.165, 1.54) is 6.42 Å². The Labute approximate surface area is 137 Å². The number of carbonyl (C=O) groups is 1. The van der Waals surface area contributed by atoms with Gasteiger partial charge in [-0.2, -0.15) is 4.98 Å². The molecule has 126 valence electrons. The van der Waals surface area contributed by atoms with Crippen LogP contribution in [-0.2, 0) is 10.3 Å². The lowest BCUT2D eigenvalue weighted by Gasteiger charge is -2.35. The highest BCUT2D eigenvalue weighted by Crippen LogP contribution is 2.35. The van der Waals surface area contributed by atoms with Crippen LogP contribution < -0.4 is 5.32 Å². The van der Waals surface area contributed by atoms with Crippen LogP contribution in [0.2, 0.25) is 0 Å². The molecule has 1 aromatic heterocycles. The molecule has 0 spiro atoms. The Hall–Kier alpha value is -1.95. The molecule has 0 atom stereocenters. The second-order valence-corrected chi connectivity index (χ2v) is 6.01. The number of rotatable bonds is 8. The molecule has 23 heavy (non-hydrogen) atoms. The lowest BCUT2D eigenvalue weighted by atomic mass is 9.81. The normalized spacial score (nSPS) is 16.7. The van der Waals surface area contributed by atoms with E-state index in [2.05, 4.69) is 28.6 Å². The topological polar surface area (TPSA) is 71.3 Å². The number of carbonyl (C=O) groups excluding carboxylic acids is 1. The van der Waals surface area contributed by atoms with Gasteiger partial charge in [0.2, 0.25) is 11.8 Å². The summed E-state index contributed by atoms with van der Waals surface area (Å²) in [5, 5.41) is 7.52. The van der Waals surface area contributed by atoms with Crippen molar-refractivity contribution in [1.82, 2.24) is 20.4 Å². The third-order valence-electron chi connectivity index (χ3n) is 4.29. The number of amides is 1. The summed E-state index contributed by atoms with van der Waals surface area (Å²) in [5.41, 5.74) is -0.361. The molecule has 1 aliphatic carbocycles. The van der Waals surface area contributed by atoms with Gasteiger partial charge in [-0.1, -0.05) is 36.6 Å². The van der Waals surface area contributed by atoms with Crippen molar-refractivity contribution in [2.24, 2.45) is 0 Å². The lowest BCUT2D eigenvalue weighted by molar-refractivity contribution is -0.129. The van der Waals surface area contributed by atoms with Crippen LogP contribution in [0, 0.1) is 6.92 Å². The van der Waals surface area contributed by atoms with Crippen molar-refractivity contribution in [3.8, 4) is 0 Å². The summed E-state index contributed by atoms with van der Waals surface area (Å²) in [6.45, 7) is 10.5. The highest BCUT2D eigenvalue weighted by Gasteiger charge is 2.38. The van der Waals surface area contributed by atoms with Crippen LogP contribution in [0.1, 0.15) is 43.8 Å². The zero-order chi connectivity index (χ0) is 16.7. The average Bonchev–Trinajstić information content (AvgIpc) is 3.00. The fourth-order valence-electron chi connectivity index (χ4n) is 3.07. The summed E-state index contributed by atoms with van der Waals surface area (Å²) < 4.78 is 5.15. The highest BCUT2D eigenvalue weighted by molar-refractivity contribution is 5.78. The van der Waals surface area contributed by atoms with Gasteiger partial charge in [0, 0.05) is 20.0 Å². The van der Waals surface area contributed by atoms with Crippen molar-refractivity contribution < 1.29 is 9.32 Å². The summed E-state index contributed by atoms with van der Waals surface area (Å²) >= 11 is 0. The van der Waals surface area contributed by atoms with E-state index in [-0.39, 0.29) is 18.0 Å². The number of hydrogen-bond donors (Lipinski definition) is 1. The van der Waals surface area contributed by atoms with Gasteiger partial charge < -0.3 is 9.42 Å². The molecule has 1 aromatic rings. The molecule has 0 radical (unpaired) electrons. The van der Waals surface area contributed by atoms with Crippen molar-refractivity contribution >= 4 is 5.91 Å². The third-order valence-corrected chi connectivity index (χ3v) is 4.29. The maximum Gasteiger partial charge on any atom is 0.237 e. The van der Waals surface area contributed by atoms with Crippen LogP contribution in [0.25, 0.3) is 0 Å². The summed E-state index contributed by atoms with van der Waals surface area (Å²) in [5.74, 6) is 1.24. The molecule has 1 heterocycles. The van der Waals surface area contributed by atoms with Crippen LogP contribution in [0.4, 0.5) is 0 Å². The van der Waals surface area contributed by atoms with Crippen molar-refractivity contribution in [3.63, 3.8) is 0 Å². The Kier molecular flexibility index (Phi) is 6.10. The monoisotopic (exact) mass is 318 g/mol. The molecular formula is C17H26N4O2. The summed E-state index contributed by atoms with van der Waals surface area (Å²) in [6.07, 6.45) is 8.67. The third kappa shape index (κ3) is 4.28. The predicted octanol–water partition coefficient (Wildman–Crippen LogP) is 2.33. The van der Waals surface area contributed by atoms with E-state index in [1.54, 1.807) is 24.0 Å². The summed E-state index contributed by atoms with van der Waals surface area (Å²) in [7, 11) is 0. The fraction of sp³-hybridized carbons (Fsp3) is 0.588. The van der Waals surface area contributed by atoms with E-state index in [4.69, 9.17) is 4.52 Å². The Morgan fingerprint density at radius 1 is 1.30 bits per heavy atom. The zero-order valence-corrected chi connectivity index (χ0v) is 13.9. The molecular weight excluding hydrogens is 292 g/mol. The Morgan fingerprint density at radius 3 is 2.48 bits per heavy atom. The molecule has 0 aliphatic heterocycles. The van der Waals surface area contributed by atoms with Gasteiger partial charge in [0.15, 0.2) is 5.82 Å². The quantitative estimate of drug-likeness (QED) is 0.745. The van der Waals surface area contributed by atoms with Crippen LogP contribution in [0.15, 0.2) is 29.8 Å². The zero-order valence-electron chi connectivity index (χ0n) is 13.9. The van der Waals surface area contributed by atoms with E-state index in [1.807, 2.05) is 0 Å². The van der Waals surface area contributed by atoms with Gasteiger partial charge in [0.25, 0.3) is 0 Å². The lowest BCUT2D eigenvalue weighted by Crippen LogP contribution is -2.49. The molecule has 1 fully saturated rings. The molecule has 0 saturated heterocycles. The van der Waals surface area contributed by atoms with Crippen LogP contribution in [-0.4, -0.2) is 40.6 Å². The van der Waals surface area contributed by atoms with Gasteiger partial charge >= 0.3 is 0 Å². The minimum atomic E-state index is -0.361. The average molecular weight is 318 g/mol. The fourth-order valence-corrected chi connectivity index (χ4v) is 3.07. The van der Waals surface area contributed by atoms with E-state index in [0.29, 0.717) is 24.8 Å². The first-order chi connectivity index (χ1) is 11.1. The molecule has 6 heteroatoms. The van der Waals surface area contributed by atoms with E-state index in [0.717, 1.165) is 25.7 Å². The van der Waals surface area contributed by atoms with Crippen molar-refractivity contribution in [1.29, 1.82) is 0 Å². The number of nitrogens with one attached hydrogen (secondary N) is 1. The first kappa shape index (κ1) is 17.4. The molecule has 1 amide bonds. The van der Waals surface area contributed by atoms with Gasteiger partial charge in [-0.25, -0.2) is 0 Å². The molecule has 2 rings (SSSR count). The van der Waals surface area contributed by atoms with Gasteiger partial charge in [0.1, 0.15) is 0 Å². The first-order valence-corrected chi connectivity index (χ1v) is 8.16. The molecule has 6 nitrogen and oxygen atoms in total. The van der Waals surface area contributed by atoms with Crippen LogP contribution >= 0.6 is 0 Å². The molecule has 0 aromatic carbocycles. The standard InChI is InChI=1S/C17H26N4O2/c1-4-11-21(12-5-2)15(22)13-18-17(9-7-6-8-10-17)16-19-14(3)23-20-16/h4-5,18H,1-2,6-13H2,3H3. The minimum absolute atomic E-state index is 0.0231. The molecule has 1 N–H and O–H groups in total. The van der Waals surface area contributed by atoms with E-state index >= 15 is 0 Å². The van der Waals surface area contributed by atoms with Gasteiger partial charge in [-0.15, -0.1) is 13.2 Å². The van der Waals surface area contributed by atoms with Gasteiger partial charge in [-0.3, -0.25) is 10.1 Å². The molecule has 1 aliphatic rings. The second kappa shape index (κ2) is 8.06. The number of nitrogens with zero attached hydrogens (tertiary/aromatic N) is 3. The largest absolute Gasteiger partial charge is 0.340 e. The van der Waals surface area contributed by atoms with Gasteiger partial charge in [-0.05, 0) is 12.8 Å². The summed E-state index contributed by atoms with van der Waals surface area (Å²) in [4.78, 5) is 18.6. The maximum absolute atomic E-state index is 12.4. The smallest absolute Gasteiger partial charge is 0.237 e.